The van der Waals surface area contributed by atoms with Crippen LogP contribution in [0.4, 0.5) is 11.5 Å². The molecule has 6 heteroatoms. The van der Waals surface area contributed by atoms with Crippen molar-refractivity contribution in [2.45, 2.75) is 18.3 Å². The number of hydrogen-bond acceptors (Lipinski definition) is 5. The van der Waals surface area contributed by atoms with Crippen molar-refractivity contribution in [2.75, 3.05) is 31.1 Å². The van der Waals surface area contributed by atoms with E-state index in [1.54, 1.807) is 0 Å². The Kier molecular flexibility index (Phi) is 4.35. The van der Waals surface area contributed by atoms with Gasteiger partial charge in [0.25, 0.3) is 0 Å². The van der Waals surface area contributed by atoms with Gasteiger partial charge in [0.2, 0.25) is 12.7 Å². The van der Waals surface area contributed by atoms with Gasteiger partial charge in [-0.2, -0.15) is 0 Å². The van der Waals surface area contributed by atoms with Crippen LogP contribution in [0, 0.1) is 0 Å². The van der Waals surface area contributed by atoms with Crippen LogP contribution in [-0.4, -0.2) is 31.8 Å². The molecule has 1 fully saturated rings. The Bertz CT molecular complexity index is 1100. The molecule has 3 aromatic rings. The van der Waals surface area contributed by atoms with Crippen LogP contribution in [-0.2, 0) is 10.2 Å². The van der Waals surface area contributed by atoms with E-state index >= 15 is 0 Å². The molecule has 152 valence electrons. The largest absolute Gasteiger partial charge is 0.454 e. The van der Waals surface area contributed by atoms with Gasteiger partial charge in [-0.1, -0.05) is 24.3 Å². The Morgan fingerprint density at radius 2 is 1.77 bits per heavy atom. The third-order valence-electron chi connectivity index (χ3n) is 5.78. The van der Waals surface area contributed by atoms with E-state index in [-0.39, 0.29) is 12.7 Å². The third-order valence-corrected chi connectivity index (χ3v) is 5.78. The SMILES string of the molecule is CN(C)c1ccc(-c2cccc(NC(=O)C3(c4ccc5c(c4)OCO5)CC3)n2)cc1. The van der Waals surface area contributed by atoms with Crippen molar-refractivity contribution in [3.05, 3.63) is 66.2 Å². The van der Waals surface area contributed by atoms with Crippen LogP contribution in [0.5, 0.6) is 11.5 Å². The van der Waals surface area contributed by atoms with E-state index in [1.165, 1.54) is 0 Å². The first-order valence-electron chi connectivity index (χ1n) is 10.0. The third kappa shape index (κ3) is 3.24. The number of fused-ring (bicyclic) bond motifs is 1. The van der Waals surface area contributed by atoms with Gasteiger partial charge >= 0.3 is 0 Å². The minimum atomic E-state index is -0.522. The fourth-order valence-corrected chi connectivity index (χ4v) is 3.80. The molecule has 30 heavy (non-hydrogen) atoms. The number of ether oxygens (including phenoxy) is 2. The molecule has 0 atom stereocenters. The molecule has 1 aliphatic carbocycles. The molecule has 2 aliphatic rings. The summed E-state index contributed by atoms with van der Waals surface area (Å²) in [5.41, 5.74) is 3.40. The number of carbonyl (C=O) groups excluding carboxylic acids is 1. The Morgan fingerprint density at radius 3 is 2.50 bits per heavy atom. The summed E-state index contributed by atoms with van der Waals surface area (Å²) >= 11 is 0. The summed E-state index contributed by atoms with van der Waals surface area (Å²) in [7, 11) is 4.02. The van der Waals surface area contributed by atoms with Crippen LogP contribution in [0.15, 0.2) is 60.7 Å². The molecule has 5 rings (SSSR count). The molecular formula is C24H23N3O3. The second-order valence-corrected chi connectivity index (χ2v) is 7.95. The van der Waals surface area contributed by atoms with E-state index in [4.69, 9.17) is 9.47 Å². The lowest BCUT2D eigenvalue weighted by Crippen LogP contribution is -2.28. The maximum atomic E-state index is 13.1. The molecule has 6 nitrogen and oxygen atoms in total. The maximum Gasteiger partial charge on any atom is 0.236 e. The number of aromatic nitrogens is 1. The predicted octanol–water partition coefficient (Wildman–Crippen LogP) is 4.21. The average Bonchev–Trinajstić information content (AvgIpc) is 3.45. The van der Waals surface area contributed by atoms with Gasteiger partial charge in [-0.25, -0.2) is 4.98 Å². The van der Waals surface area contributed by atoms with Crippen LogP contribution in [0.25, 0.3) is 11.3 Å². The van der Waals surface area contributed by atoms with Crippen molar-refractivity contribution >= 4 is 17.4 Å². The summed E-state index contributed by atoms with van der Waals surface area (Å²) in [6.07, 6.45) is 1.62. The average molecular weight is 401 g/mol. The number of benzene rings is 2. The first-order chi connectivity index (χ1) is 14.5. The van der Waals surface area contributed by atoms with Gasteiger partial charge in [-0.15, -0.1) is 0 Å². The minimum Gasteiger partial charge on any atom is -0.454 e. The second kappa shape index (κ2) is 7.06. The lowest BCUT2D eigenvalue weighted by Gasteiger charge is -2.16. The number of nitrogens with zero attached hydrogens (tertiary/aromatic N) is 2. The van der Waals surface area contributed by atoms with Crippen molar-refractivity contribution in [1.82, 2.24) is 4.98 Å². The van der Waals surface area contributed by atoms with E-state index < -0.39 is 5.41 Å². The first kappa shape index (κ1) is 18.5. The molecule has 1 aliphatic heterocycles. The predicted molar refractivity (Wildman–Crippen MR) is 116 cm³/mol. The molecule has 2 heterocycles. The van der Waals surface area contributed by atoms with Crippen molar-refractivity contribution in [3.63, 3.8) is 0 Å². The van der Waals surface area contributed by atoms with Crippen molar-refractivity contribution in [3.8, 4) is 22.8 Å². The van der Waals surface area contributed by atoms with E-state index in [0.29, 0.717) is 11.6 Å². The van der Waals surface area contributed by atoms with E-state index in [2.05, 4.69) is 27.3 Å². The zero-order valence-corrected chi connectivity index (χ0v) is 17.0. The van der Waals surface area contributed by atoms with E-state index in [0.717, 1.165) is 41.1 Å². The van der Waals surface area contributed by atoms with Gasteiger partial charge in [-0.3, -0.25) is 4.79 Å². The van der Waals surface area contributed by atoms with E-state index in [9.17, 15) is 4.79 Å². The topological polar surface area (TPSA) is 63.7 Å². The molecule has 1 aromatic heterocycles. The molecule has 1 N–H and O–H groups in total. The highest BCUT2D eigenvalue weighted by molar-refractivity contribution is 6.01. The summed E-state index contributed by atoms with van der Waals surface area (Å²) in [5, 5.41) is 3.02. The smallest absolute Gasteiger partial charge is 0.236 e. The minimum absolute atomic E-state index is 0.0334. The zero-order chi connectivity index (χ0) is 20.7. The fourth-order valence-electron chi connectivity index (χ4n) is 3.80. The number of hydrogen-bond donors (Lipinski definition) is 1. The number of nitrogens with one attached hydrogen (secondary N) is 1. The van der Waals surface area contributed by atoms with Crippen LogP contribution in [0.3, 0.4) is 0 Å². The number of pyridine rings is 1. The Morgan fingerprint density at radius 1 is 1.00 bits per heavy atom. The summed E-state index contributed by atoms with van der Waals surface area (Å²) in [6, 6.07) is 19.6. The van der Waals surface area contributed by atoms with Crippen molar-refractivity contribution in [1.29, 1.82) is 0 Å². The summed E-state index contributed by atoms with van der Waals surface area (Å²) in [5.74, 6) is 1.95. The molecule has 0 bridgehead atoms. The van der Waals surface area contributed by atoms with Gasteiger partial charge in [-0.05, 0) is 54.8 Å². The molecule has 0 unspecified atom stereocenters. The number of rotatable bonds is 5. The number of anilines is 2. The standard InChI is InChI=1S/C24H23N3O3/c1-27(2)18-9-6-16(7-10-18)19-4-3-5-22(25-19)26-23(28)24(12-13-24)17-8-11-20-21(14-17)30-15-29-20/h3-11,14H,12-13,15H2,1-2H3,(H,25,26,28). The summed E-state index contributed by atoms with van der Waals surface area (Å²) < 4.78 is 10.9. The van der Waals surface area contributed by atoms with Gasteiger partial charge < -0.3 is 19.7 Å². The number of amides is 1. The van der Waals surface area contributed by atoms with E-state index in [1.807, 2.05) is 62.6 Å². The van der Waals surface area contributed by atoms with Gasteiger partial charge in [0.15, 0.2) is 11.5 Å². The van der Waals surface area contributed by atoms with Crippen molar-refractivity contribution < 1.29 is 14.3 Å². The van der Waals surface area contributed by atoms with Gasteiger partial charge in [0, 0.05) is 25.3 Å². The monoisotopic (exact) mass is 401 g/mol. The number of carbonyl (C=O) groups is 1. The highest BCUT2D eigenvalue weighted by Gasteiger charge is 2.51. The van der Waals surface area contributed by atoms with Crippen LogP contribution >= 0.6 is 0 Å². The highest BCUT2D eigenvalue weighted by atomic mass is 16.7. The quantitative estimate of drug-likeness (QED) is 0.694. The lowest BCUT2D eigenvalue weighted by molar-refractivity contribution is -0.118. The normalized spacial score (nSPS) is 15.5. The van der Waals surface area contributed by atoms with Crippen LogP contribution < -0.4 is 19.7 Å². The molecule has 0 spiro atoms. The van der Waals surface area contributed by atoms with Crippen molar-refractivity contribution in [2.24, 2.45) is 0 Å². The highest BCUT2D eigenvalue weighted by Crippen LogP contribution is 2.51. The summed E-state index contributed by atoms with van der Waals surface area (Å²) in [4.78, 5) is 19.9. The molecule has 0 radical (unpaired) electrons. The molecule has 0 saturated heterocycles. The Hall–Kier alpha value is -3.54. The van der Waals surface area contributed by atoms with Gasteiger partial charge in [0.05, 0.1) is 11.1 Å². The Labute approximate surface area is 175 Å². The second-order valence-electron chi connectivity index (χ2n) is 7.95. The molecular weight excluding hydrogens is 378 g/mol. The lowest BCUT2D eigenvalue weighted by atomic mass is 9.94. The molecule has 1 amide bonds. The van der Waals surface area contributed by atoms with Crippen LogP contribution in [0.1, 0.15) is 18.4 Å². The zero-order valence-electron chi connectivity index (χ0n) is 17.0. The Balaban J connectivity index is 1.36. The van der Waals surface area contributed by atoms with Gasteiger partial charge in [0.1, 0.15) is 5.82 Å². The first-order valence-corrected chi connectivity index (χ1v) is 10.0. The molecule has 1 saturated carbocycles. The maximum absolute atomic E-state index is 13.1. The van der Waals surface area contributed by atoms with Crippen LogP contribution in [0.2, 0.25) is 0 Å². The molecule has 2 aromatic carbocycles. The summed E-state index contributed by atoms with van der Waals surface area (Å²) in [6.45, 7) is 0.226. The fraction of sp³-hybridized carbons (Fsp3) is 0.250.